The number of carbonyl (C=O) groups excluding carboxylic acids is 2. The molecule has 144 valence electrons. The number of nitrogens with zero attached hydrogens (tertiary/aromatic N) is 1. The molecule has 7 heteroatoms. The molecule has 1 atom stereocenters. The van der Waals surface area contributed by atoms with Gasteiger partial charge in [-0.05, 0) is 24.1 Å². The smallest absolute Gasteiger partial charge is 0.266 e. The molecule has 0 bridgehead atoms. The lowest BCUT2D eigenvalue weighted by Gasteiger charge is -2.28. The fraction of sp³-hybridized carbons (Fsp3) is 0.300. The fourth-order valence-electron chi connectivity index (χ4n) is 2.94. The molecular weight excluding hydrogens is 366 g/mol. The number of rotatable bonds is 7. The van der Waals surface area contributed by atoms with Gasteiger partial charge in [0.2, 0.25) is 5.91 Å². The van der Waals surface area contributed by atoms with E-state index in [1.54, 1.807) is 17.0 Å². The quantitative estimate of drug-likeness (QED) is 0.760. The van der Waals surface area contributed by atoms with Crippen molar-refractivity contribution in [2.45, 2.75) is 18.9 Å². The number of amides is 2. The van der Waals surface area contributed by atoms with Crippen molar-refractivity contribution in [1.82, 2.24) is 4.90 Å². The molecule has 1 unspecified atom stereocenters. The first-order chi connectivity index (χ1) is 12.7. The van der Waals surface area contributed by atoms with Crippen LogP contribution in [0, 0.1) is 0 Å². The van der Waals surface area contributed by atoms with E-state index in [2.05, 4.69) is 5.32 Å². The van der Waals surface area contributed by atoms with Gasteiger partial charge in [0.15, 0.2) is 6.10 Å². The summed E-state index contributed by atoms with van der Waals surface area (Å²) in [7, 11) is 0. The van der Waals surface area contributed by atoms with Crippen LogP contribution in [0.4, 0.5) is 5.69 Å². The average Bonchev–Trinajstić information content (AvgIpc) is 2.66. The molecule has 0 aliphatic carbocycles. The fourth-order valence-corrected chi connectivity index (χ4v) is 2.94. The third-order valence-electron chi connectivity index (χ3n) is 4.33. The summed E-state index contributed by atoms with van der Waals surface area (Å²) in [4.78, 5) is 26.6. The average molecular weight is 390 g/mol. The van der Waals surface area contributed by atoms with Crippen molar-refractivity contribution in [2.75, 3.05) is 25.0 Å². The van der Waals surface area contributed by atoms with Gasteiger partial charge >= 0.3 is 0 Å². The number of fused-ring (bicyclic) bond motifs is 1. The number of benzene rings is 2. The van der Waals surface area contributed by atoms with E-state index in [1.165, 1.54) is 0 Å². The molecule has 0 aromatic heterocycles. The molecule has 0 saturated carbocycles. The summed E-state index contributed by atoms with van der Waals surface area (Å²) in [6, 6.07) is 17.2. The summed E-state index contributed by atoms with van der Waals surface area (Å²) < 4.78 is 5.72. The Hall–Kier alpha value is -2.57. The predicted molar refractivity (Wildman–Crippen MR) is 107 cm³/mol. The van der Waals surface area contributed by atoms with Gasteiger partial charge in [0.05, 0.1) is 12.1 Å². The Morgan fingerprint density at radius 1 is 1.07 bits per heavy atom. The van der Waals surface area contributed by atoms with Gasteiger partial charge in [0, 0.05) is 19.6 Å². The molecule has 2 aromatic carbocycles. The van der Waals surface area contributed by atoms with Crippen LogP contribution in [0.1, 0.15) is 12.0 Å². The second-order valence-corrected chi connectivity index (χ2v) is 6.20. The SMILES string of the molecule is Cl.NCCN(CCc1ccccc1)C(=O)CC1Oc2ccccc2NC1=O. The summed E-state index contributed by atoms with van der Waals surface area (Å²) >= 11 is 0. The second kappa shape index (κ2) is 9.94. The number of anilines is 1. The zero-order valence-corrected chi connectivity index (χ0v) is 15.8. The molecule has 27 heavy (non-hydrogen) atoms. The van der Waals surface area contributed by atoms with Crippen molar-refractivity contribution in [3.63, 3.8) is 0 Å². The number of ether oxygens (including phenoxy) is 1. The zero-order chi connectivity index (χ0) is 18.4. The van der Waals surface area contributed by atoms with Crippen LogP contribution in [0.3, 0.4) is 0 Å². The molecule has 1 aliphatic heterocycles. The standard InChI is InChI=1S/C20H23N3O3.ClH/c21-11-13-23(12-10-15-6-2-1-3-7-15)19(24)14-18-20(25)22-16-8-4-5-9-17(16)26-18;/h1-9,18H,10-14,21H2,(H,22,25);1H. The maximum absolute atomic E-state index is 12.7. The van der Waals surface area contributed by atoms with Crippen LogP contribution in [0.2, 0.25) is 0 Å². The van der Waals surface area contributed by atoms with Gasteiger partial charge in [-0.15, -0.1) is 12.4 Å². The summed E-state index contributed by atoms with van der Waals surface area (Å²) in [6.45, 7) is 1.39. The van der Waals surface area contributed by atoms with Crippen LogP contribution >= 0.6 is 12.4 Å². The van der Waals surface area contributed by atoms with Gasteiger partial charge in [-0.3, -0.25) is 9.59 Å². The molecule has 0 saturated heterocycles. The highest BCUT2D eigenvalue weighted by molar-refractivity contribution is 5.99. The number of hydrogen-bond acceptors (Lipinski definition) is 4. The molecule has 0 spiro atoms. The molecule has 2 aromatic rings. The number of nitrogens with one attached hydrogen (secondary N) is 1. The first-order valence-corrected chi connectivity index (χ1v) is 8.75. The van der Waals surface area contributed by atoms with Gasteiger partial charge in [-0.1, -0.05) is 42.5 Å². The molecule has 1 aliphatic rings. The van der Waals surface area contributed by atoms with Gasteiger partial charge in [-0.25, -0.2) is 0 Å². The minimum Gasteiger partial charge on any atom is -0.478 e. The monoisotopic (exact) mass is 389 g/mol. The number of carbonyl (C=O) groups is 2. The van der Waals surface area contributed by atoms with Crippen LogP contribution in [0.25, 0.3) is 0 Å². The minimum atomic E-state index is -0.825. The Bertz CT molecular complexity index is 770. The van der Waals surface area contributed by atoms with E-state index in [1.807, 2.05) is 42.5 Å². The van der Waals surface area contributed by atoms with Crippen LogP contribution < -0.4 is 15.8 Å². The van der Waals surface area contributed by atoms with Gasteiger partial charge < -0.3 is 20.7 Å². The van der Waals surface area contributed by atoms with E-state index < -0.39 is 6.10 Å². The van der Waals surface area contributed by atoms with E-state index in [0.717, 1.165) is 12.0 Å². The van der Waals surface area contributed by atoms with Crippen molar-refractivity contribution in [1.29, 1.82) is 0 Å². The molecule has 3 N–H and O–H groups in total. The second-order valence-electron chi connectivity index (χ2n) is 6.20. The van der Waals surface area contributed by atoms with Gasteiger partial charge in [0.1, 0.15) is 5.75 Å². The zero-order valence-electron chi connectivity index (χ0n) is 15.0. The summed E-state index contributed by atoms with van der Waals surface area (Å²) in [5, 5.41) is 2.78. The Kier molecular flexibility index (Phi) is 7.64. The van der Waals surface area contributed by atoms with Crippen molar-refractivity contribution in [3.05, 3.63) is 60.2 Å². The van der Waals surface area contributed by atoms with E-state index in [-0.39, 0.29) is 30.6 Å². The van der Waals surface area contributed by atoms with Crippen molar-refractivity contribution < 1.29 is 14.3 Å². The molecular formula is C20H24ClN3O3. The largest absolute Gasteiger partial charge is 0.478 e. The molecule has 0 fully saturated rings. The lowest BCUT2D eigenvalue weighted by atomic mass is 10.1. The van der Waals surface area contributed by atoms with Crippen molar-refractivity contribution in [2.24, 2.45) is 5.73 Å². The molecule has 1 heterocycles. The summed E-state index contributed by atoms with van der Waals surface area (Å²) in [5.74, 6) is 0.151. The number of nitrogens with two attached hydrogens (primary N) is 1. The van der Waals surface area contributed by atoms with Crippen LogP contribution in [0.15, 0.2) is 54.6 Å². The highest BCUT2D eigenvalue weighted by Crippen LogP contribution is 2.29. The van der Waals surface area contributed by atoms with Crippen molar-refractivity contribution in [3.8, 4) is 5.75 Å². The molecule has 3 rings (SSSR count). The van der Waals surface area contributed by atoms with Gasteiger partial charge in [0.25, 0.3) is 5.91 Å². The van der Waals surface area contributed by atoms with E-state index in [0.29, 0.717) is 31.1 Å². The lowest BCUT2D eigenvalue weighted by Crippen LogP contribution is -2.44. The number of hydrogen-bond donors (Lipinski definition) is 2. The van der Waals surface area contributed by atoms with Crippen LogP contribution in [0.5, 0.6) is 5.75 Å². The highest BCUT2D eigenvalue weighted by atomic mass is 35.5. The van der Waals surface area contributed by atoms with E-state index in [9.17, 15) is 9.59 Å². The Balaban J connectivity index is 0.00000261. The first kappa shape index (κ1) is 20.7. The normalized spacial score (nSPS) is 15.0. The van der Waals surface area contributed by atoms with E-state index in [4.69, 9.17) is 10.5 Å². The molecule has 0 radical (unpaired) electrons. The number of halogens is 1. The first-order valence-electron chi connectivity index (χ1n) is 8.75. The topological polar surface area (TPSA) is 84.7 Å². The molecule has 2 amide bonds. The van der Waals surface area contributed by atoms with Crippen molar-refractivity contribution >= 4 is 29.9 Å². The maximum Gasteiger partial charge on any atom is 0.266 e. The predicted octanol–water partition coefficient (Wildman–Crippen LogP) is 2.23. The summed E-state index contributed by atoms with van der Waals surface area (Å²) in [6.07, 6.45) is -0.0864. The Labute approximate surface area is 165 Å². The van der Waals surface area contributed by atoms with E-state index >= 15 is 0 Å². The minimum absolute atomic E-state index is 0. The lowest BCUT2D eigenvalue weighted by molar-refractivity contribution is -0.137. The van der Waals surface area contributed by atoms with Crippen LogP contribution in [-0.4, -0.2) is 42.5 Å². The summed E-state index contributed by atoms with van der Waals surface area (Å²) in [5.41, 5.74) is 7.44. The van der Waals surface area contributed by atoms with Gasteiger partial charge in [-0.2, -0.15) is 0 Å². The Morgan fingerprint density at radius 3 is 2.52 bits per heavy atom. The molecule has 6 nitrogen and oxygen atoms in total. The maximum atomic E-state index is 12.7. The highest BCUT2D eigenvalue weighted by Gasteiger charge is 2.30. The third kappa shape index (κ3) is 5.45. The third-order valence-corrected chi connectivity index (χ3v) is 4.33. The van der Waals surface area contributed by atoms with Crippen LogP contribution in [-0.2, 0) is 16.0 Å². The Morgan fingerprint density at radius 2 is 1.78 bits per heavy atom. The number of para-hydroxylation sites is 2.